The first-order valence-corrected chi connectivity index (χ1v) is 12.0. The van der Waals surface area contributed by atoms with Crippen molar-refractivity contribution < 1.29 is 14.3 Å². The number of fused-ring (bicyclic) bond motifs is 2. The Bertz CT molecular complexity index is 1450. The van der Waals surface area contributed by atoms with E-state index in [9.17, 15) is 4.79 Å². The van der Waals surface area contributed by atoms with Crippen molar-refractivity contribution in [2.75, 3.05) is 13.2 Å². The number of hydrogen-bond acceptors (Lipinski definition) is 4. The monoisotopic (exact) mass is 507 g/mol. The molecule has 0 aliphatic carbocycles. The highest BCUT2D eigenvalue weighted by molar-refractivity contribution is 6.42. The van der Waals surface area contributed by atoms with Gasteiger partial charge in [0.1, 0.15) is 13.2 Å². The van der Waals surface area contributed by atoms with Crippen molar-refractivity contribution >= 4 is 46.2 Å². The third kappa shape index (κ3) is 4.99. The smallest absolute Gasteiger partial charge is 0.244 e. The summed E-state index contributed by atoms with van der Waals surface area (Å²) in [6.45, 7) is 3.71. The lowest BCUT2D eigenvalue weighted by Gasteiger charge is -2.18. The first kappa shape index (κ1) is 23.3. The molecule has 0 saturated carbocycles. The van der Waals surface area contributed by atoms with Crippen molar-refractivity contribution in [2.45, 2.75) is 19.9 Å². The number of carbonyl (C=O) groups is 1. The summed E-state index contributed by atoms with van der Waals surface area (Å²) in [4.78, 5) is 12.5. The largest absolute Gasteiger partial charge is 0.486 e. The summed E-state index contributed by atoms with van der Waals surface area (Å²) >= 11 is 12.3. The predicted octanol–water partition coefficient (Wildman–Crippen LogP) is 5.77. The molecule has 0 fully saturated rings. The van der Waals surface area contributed by atoms with E-state index in [1.54, 1.807) is 12.3 Å². The van der Waals surface area contributed by atoms with Crippen LogP contribution in [0.1, 0.15) is 22.4 Å². The molecule has 0 atom stereocenters. The van der Waals surface area contributed by atoms with Gasteiger partial charge in [-0.2, -0.15) is 5.10 Å². The first-order chi connectivity index (χ1) is 17.0. The van der Waals surface area contributed by atoms with E-state index in [2.05, 4.69) is 21.2 Å². The van der Waals surface area contributed by atoms with E-state index in [1.165, 1.54) is 0 Å². The fourth-order valence-electron chi connectivity index (χ4n) is 4.24. The molecule has 3 aromatic carbocycles. The van der Waals surface area contributed by atoms with Crippen LogP contribution in [-0.4, -0.2) is 29.9 Å². The molecule has 5 rings (SSSR count). The van der Waals surface area contributed by atoms with Crippen LogP contribution in [0.2, 0.25) is 10.0 Å². The minimum absolute atomic E-state index is 0.187. The second kappa shape index (κ2) is 10.0. The summed E-state index contributed by atoms with van der Waals surface area (Å²) < 4.78 is 13.3. The third-order valence-electron chi connectivity index (χ3n) is 5.96. The van der Waals surface area contributed by atoms with Gasteiger partial charge in [0.25, 0.3) is 0 Å². The van der Waals surface area contributed by atoms with Crippen molar-refractivity contribution in [3.63, 3.8) is 0 Å². The molecule has 35 heavy (non-hydrogen) atoms. The van der Waals surface area contributed by atoms with Crippen molar-refractivity contribution in [1.29, 1.82) is 0 Å². The Kier molecular flexibility index (Phi) is 6.66. The van der Waals surface area contributed by atoms with Crippen LogP contribution in [-0.2, 0) is 17.8 Å². The minimum Gasteiger partial charge on any atom is -0.486 e. The fraction of sp³-hybridized carbons (Fsp3) is 0.185. The summed E-state index contributed by atoms with van der Waals surface area (Å²) in [5.41, 5.74) is 7.56. The molecule has 0 bridgehead atoms. The number of hydrazone groups is 1. The lowest BCUT2D eigenvalue weighted by molar-refractivity contribution is -0.120. The van der Waals surface area contributed by atoms with Gasteiger partial charge in [0.05, 0.1) is 22.7 Å². The maximum Gasteiger partial charge on any atom is 0.244 e. The molecule has 1 amide bonds. The number of nitrogens with zero attached hydrogens (tertiary/aromatic N) is 2. The van der Waals surface area contributed by atoms with E-state index in [4.69, 9.17) is 32.7 Å². The van der Waals surface area contributed by atoms with Gasteiger partial charge in [-0.25, -0.2) is 5.43 Å². The Labute approximate surface area is 213 Å². The van der Waals surface area contributed by atoms with E-state index in [0.29, 0.717) is 41.3 Å². The fourth-order valence-corrected chi connectivity index (χ4v) is 4.56. The van der Waals surface area contributed by atoms with E-state index in [-0.39, 0.29) is 12.3 Å². The van der Waals surface area contributed by atoms with Crippen molar-refractivity contribution in [2.24, 2.45) is 5.10 Å². The molecule has 6 nitrogen and oxygen atoms in total. The van der Waals surface area contributed by atoms with Gasteiger partial charge in [0.15, 0.2) is 11.5 Å². The normalized spacial score (nSPS) is 12.9. The molecule has 1 aliphatic heterocycles. The number of aromatic nitrogens is 1. The quantitative estimate of drug-likeness (QED) is 0.266. The summed E-state index contributed by atoms with van der Waals surface area (Å²) in [5, 5.41) is 6.36. The van der Waals surface area contributed by atoms with Gasteiger partial charge >= 0.3 is 0 Å². The molecule has 4 aromatic rings. The van der Waals surface area contributed by atoms with Crippen molar-refractivity contribution in [1.82, 2.24) is 9.99 Å². The molecular formula is C27H23Cl2N3O3. The lowest BCUT2D eigenvalue weighted by Crippen LogP contribution is -2.20. The number of rotatable bonds is 6. The summed E-state index contributed by atoms with van der Waals surface area (Å²) in [6, 6.07) is 19.3. The lowest BCUT2D eigenvalue weighted by atomic mass is 10.1. The number of para-hydroxylation sites is 1. The Morgan fingerprint density at radius 2 is 1.77 bits per heavy atom. The van der Waals surface area contributed by atoms with Crippen LogP contribution in [0, 0.1) is 6.92 Å². The van der Waals surface area contributed by atoms with E-state index < -0.39 is 0 Å². The van der Waals surface area contributed by atoms with Gasteiger partial charge in [-0.3, -0.25) is 4.79 Å². The second-order valence-corrected chi connectivity index (χ2v) is 9.11. The number of carbonyl (C=O) groups excluding carboxylic acids is 1. The van der Waals surface area contributed by atoms with Crippen LogP contribution in [0.25, 0.3) is 10.9 Å². The number of nitrogens with one attached hydrogen (secondary N) is 1. The molecule has 8 heteroatoms. The number of amides is 1. The van der Waals surface area contributed by atoms with Crippen LogP contribution < -0.4 is 14.9 Å². The van der Waals surface area contributed by atoms with Gasteiger partial charge in [0, 0.05) is 28.7 Å². The summed E-state index contributed by atoms with van der Waals surface area (Å²) in [5.74, 6) is 1.15. The minimum atomic E-state index is -0.213. The maximum absolute atomic E-state index is 12.5. The van der Waals surface area contributed by atoms with Gasteiger partial charge < -0.3 is 14.0 Å². The molecule has 178 valence electrons. The molecule has 1 N–H and O–H groups in total. The number of hydrogen-bond donors (Lipinski definition) is 1. The van der Waals surface area contributed by atoms with Gasteiger partial charge in [-0.1, -0.05) is 53.5 Å². The Balaban J connectivity index is 1.33. The molecule has 0 radical (unpaired) electrons. The third-order valence-corrected chi connectivity index (χ3v) is 6.70. The van der Waals surface area contributed by atoms with Crippen LogP contribution in [0.4, 0.5) is 0 Å². The number of halogens is 2. The average Bonchev–Trinajstić information content (AvgIpc) is 3.12. The van der Waals surface area contributed by atoms with Crippen LogP contribution in [0.3, 0.4) is 0 Å². The zero-order valence-corrected chi connectivity index (χ0v) is 20.6. The van der Waals surface area contributed by atoms with Crippen LogP contribution in [0.5, 0.6) is 11.5 Å². The molecule has 0 saturated heterocycles. The molecule has 1 aromatic heterocycles. The average molecular weight is 508 g/mol. The maximum atomic E-state index is 12.5. The highest BCUT2D eigenvalue weighted by atomic mass is 35.5. The number of ether oxygens (including phenoxy) is 2. The van der Waals surface area contributed by atoms with Crippen molar-refractivity contribution in [3.05, 3.63) is 93.1 Å². The number of benzene rings is 3. The van der Waals surface area contributed by atoms with Gasteiger partial charge in [-0.05, 0) is 48.4 Å². The van der Waals surface area contributed by atoms with Gasteiger partial charge in [-0.15, -0.1) is 0 Å². The van der Waals surface area contributed by atoms with E-state index >= 15 is 0 Å². The van der Waals surface area contributed by atoms with Crippen LogP contribution in [0.15, 0.2) is 65.8 Å². The Hall–Kier alpha value is -3.48. The highest BCUT2D eigenvalue weighted by Gasteiger charge is 2.15. The first-order valence-electron chi connectivity index (χ1n) is 11.2. The zero-order chi connectivity index (χ0) is 24.4. The Morgan fingerprint density at radius 3 is 2.60 bits per heavy atom. The second-order valence-electron chi connectivity index (χ2n) is 8.30. The summed E-state index contributed by atoms with van der Waals surface area (Å²) in [6.07, 6.45) is 1.89. The zero-order valence-electron chi connectivity index (χ0n) is 19.1. The predicted molar refractivity (Wildman–Crippen MR) is 139 cm³/mol. The van der Waals surface area contributed by atoms with Crippen molar-refractivity contribution in [3.8, 4) is 11.5 Å². The molecule has 0 unspecified atom stereocenters. The topological polar surface area (TPSA) is 64.8 Å². The van der Waals surface area contributed by atoms with Gasteiger partial charge in [0.2, 0.25) is 5.91 Å². The molecule has 1 aliphatic rings. The Morgan fingerprint density at radius 1 is 1.00 bits per heavy atom. The van der Waals surface area contributed by atoms with E-state index in [0.717, 1.165) is 33.3 Å². The molecule has 0 spiro atoms. The molecular weight excluding hydrogens is 485 g/mol. The SMILES string of the molecule is Cc1c(/C=N\NC(=O)Cc2ccc3c(c2)OCCO3)c2ccccc2n1Cc1ccc(Cl)c(Cl)c1. The van der Waals surface area contributed by atoms with Crippen LogP contribution >= 0.6 is 23.2 Å². The highest BCUT2D eigenvalue weighted by Crippen LogP contribution is 2.31. The molecule has 2 heterocycles. The summed E-state index contributed by atoms with van der Waals surface area (Å²) in [7, 11) is 0. The standard InChI is InChI=1S/C27H23Cl2N3O3/c1-17-21(15-30-31-27(33)14-18-7-9-25-26(13-18)35-11-10-34-25)20-4-2-3-5-24(20)32(17)16-19-6-8-22(28)23(29)12-19/h2-9,12-13,15H,10-11,14,16H2,1H3,(H,31,33)/b30-15-. The van der Waals surface area contributed by atoms with E-state index in [1.807, 2.05) is 55.5 Å².